The molecule has 0 unspecified atom stereocenters. The highest BCUT2D eigenvalue weighted by Gasteiger charge is 2.12. The zero-order chi connectivity index (χ0) is 11.3. The number of ether oxygens (including phenoxy) is 1. The Morgan fingerprint density at radius 3 is 2.93 bits per heavy atom. The molecule has 0 spiro atoms. The van der Waals surface area contributed by atoms with Gasteiger partial charge in [0.25, 0.3) is 5.91 Å². The third-order valence-corrected chi connectivity index (χ3v) is 3.27. The molecular formula is C10H15NO2S2. The van der Waals surface area contributed by atoms with Gasteiger partial charge in [0.2, 0.25) is 0 Å². The van der Waals surface area contributed by atoms with E-state index in [0.29, 0.717) is 19.8 Å². The Morgan fingerprint density at radius 1 is 1.67 bits per heavy atom. The standard InChI is InChI=1S/C10H15NO2S2/c1-3-13-5-4-11(2)10(12)9-6-8(14)7-15-9/h6-7,14H,3-5H2,1-2H3. The van der Waals surface area contributed by atoms with Crippen LogP contribution in [0.15, 0.2) is 16.3 Å². The molecule has 0 aliphatic carbocycles. The van der Waals surface area contributed by atoms with E-state index >= 15 is 0 Å². The average molecular weight is 245 g/mol. The van der Waals surface area contributed by atoms with Crippen LogP contribution in [0.25, 0.3) is 0 Å². The van der Waals surface area contributed by atoms with E-state index in [9.17, 15) is 4.79 Å². The summed E-state index contributed by atoms with van der Waals surface area (Å²) in [4.78, 5) is 15.0. The molecule has 1 amide bonds. The first-order valence-electron chi connectivity index (χ1n) is 4.76. The molecule has 1 heterocycles. The van der Waals surface area contributed by atoms with E-state index in [1.165, 1.54) is 11.3 Å². The Balaban J connectivity index is 2.46. The van der Waals surface area contributed by atoms with Crippen molar-refractivity contribution in [1.82, 2.24) is 4.90 Å². The van der Waals surface area contributed by atoms with Gasteiger partial charge >= 0.3 is 0 Å². The summed E-state index contributed by atoms with van der Waals surface area (Å²) >= 11 is 5.59. The summed E-state index contributed by atoms with van der Waals surface area (Å²) in [6.07, 6.45) is 0. The van der Waals surface area contributed by atoms with Crippen molar-refractivity contribution in [1.29, 1.82) is 0 Å². The quantitative estimate of drug-likeness (QED) is 0.636. The van der Waals surface area contributed by atoms with E-state index < -0.39 is 0 Å². The van der Waals surface area contributed by atoms with Crippen molar-refractivity contribution in [2.75, 3.05) is 26.8 Å². The Morgan fingerprint density at radius 2 is 2.40 bits per heavy atom. The van der Waals surface area contributed by atoms with Crippen LogP contribution in [-0.4, -0.2) is 37.6 Å². The minimum atomic E-state index is 0.0278. The summed E-state index contributed by atoms with van der Waals surface area (Å²) < 4.78 is 5.19. The predicted octanol–water partition coefficient (Wildman–Crippen LogP) is 2.15. The molecule has 0 bridgehead atoms. The molecule has 0 atom stereocenters. The number of thiol groups is 1. The first kappa shape index (κ1) is 12.5. The molecule has 0 fully saturated rings. The fourth-order valence-corrected chi connectivity index (χ4v) is 2.22. The smallest absolute Gasteiger partial charge is 0.263 e. The van der Waals surface area contributed by atoms with Crippen LogP contribution in [0.5, 0.6) is 0 Å². The minimum Gasteiger partial charge on any atom is -0.380 e. The fourth-order valence-electron chi connectivity index (χ4n) is 1.07. The molecule has 0 saturated carbocycles. The third kappa shape index (κ3) is 3.85. The molecular weight excluding hydrogens is 230 g/mol. The van der Waals surface area contributed by atoms with Crippen molar-refractivity contribution < 1.29 is 9.53 Å². The lowest BCUT2D eigenvalue weighted by atomic mass is 10.4. The molecule has 1 aromatic rings. The zero-order valence-corrected chi connectivity index (χ0v) is 10.6. The van der Waals surface area contributed by atoms with Crippen LogP contribution < -0.4 is 0 Å². The zero-order valence-electron chi connectivity index (χ0n) is 8.90. The van der Waals surface area contributed by atoms with Crippen LogP contribution in [0, 0.1) is 0 Å². The highest BCUT2D eigenvalue weighted by Crippen LogP contribution is 2.18. The maximum Gasteiger partial charge on any atom is 0.263 e. The van der Waals surface area contributed by atoms with Gasteiger partial charge in [-0.2, -0.15) is 0 Å². The maximum atomic E-state index is 11.8. The van der Waals surface area contributed by atoms with Crippen LogP contribution >= 0.6 is 24.0 Å². The van der Waals surface area contributed by atoms with E-state index in [-0.39, 0.29) is 5.91 Å². The van der Waals surface area contributed by atoms with E-state index in [1.54, 1.807) is 18.0 Å². The second-order valence-electron chi connectivity index (χ2n) is 3.09. The number of amides is 1. The molecule has 0 radical (unpaired) electrons. The maximum absolute atomic E-state index is 11.8. The lowest BCUT2D eigenvalue weighted by molar-refractivity contribution is 0.0714. The number of carbonyl (C=O) groups excluding carboxylic acids is 1. The number of carbonyl (C=O) groups is 1. The summed E-state index contributed by atoms with van der Waals surface area (Å²) in [5, 5.41) is 1.85. The third-order valence-electron chi connectivity index (χ3n) is 1.92. The molecule has 0 aromatic carbocycles. The number of likely N-dealkylation sites (N-methyl/N-ethyl adjacent to an activating group) is 1. The van der Waals surface area contributed by atoms with E-state index in [4.69, 9.17) is 4.74 Å². The van der Waals surface area contributed by atoms with Gasteiger partial charge in [-0.25, -0.2) is 0 Å². The monoisotopic (exact) mass is 245 g/mol. The van der Waals surface area contributed by atoms with Crippen molar-refractivity contribution in [3.8, 4) is 0 Å². The summed E-state index contributed by atoms with van der Waals surface area (Å²) in [6.45, 7) is 3.82. The second kappa shape index (κ2) is 6.15. The van der Waals surface area contributed by atoms with Crippen LogP contribution in [0.1, 0.15) is 16.6 Å². The predicted molar refractivity (Wildman–Crippen MR) is 65.0 cm³/mol. The van der Waals surface area contributed by atoms with Crippen molar-refractivity contribution in [3.05, 3.63) is 16.3 Å². The second-order valence-corrected chi connectivity index (χ2v) is 4.52. The van der Waals surface area contributed by atoms with E-state index in [0.717, 1.165) is 9.77 Å². The summed E-state index contributed by atoms with van der Waals surface area (Å²) in [6, 6.07) is 1.79. The lowest BCUT2D eigenvalue weighted by Crippen LogP contribution is -2.29. The van der Waals surface area contributed by atoms with Crippen LogP contribution in [0.3, 0.4) is 0 Å². The number of rotatable bonds is 5. The average Bonchev–Trinajstić information content (AvgIpc) is 2.64. The highest BCUT2D eigenvalue weighted by molar-refractivity contribution is 7.80. The summed E-state index contributed by atoms with van der Waals surface area (Å²) in [7, 11) is 1.78. The van der Waals surface area contributed by atoms with Crippen molar-refractivity contribution in [2.24, 2.45) is 0 Å². The SMILES string of the molecule is CCOCCN(C)C(=O)c1cc(S)cs1. The Kier molecular flexibility index (Phi) is 5.14. The first-order chi connectivity index (χ1) is 7.15. The fraction of sp³-hybridized carbons (Fsp3) is 0.500. The van der Waals surface area contributed by atoms with Gasteiger partial charge < -0.3 is 9.64 Å². The van der Waals surface area contributed by atoms with Gasteiger partial charge in [-0.15, -0.1) is 24.0 Å². The largest absolute Gasteiger partial charge is 0.380 e. The Labute approximate surface area is 99.5 Å². The van der Waals surface area contributed by atoms with Crippen LogP contribution in [-0.2, 0) is 4.74 Å². The van der Waals surface area contributed by atoms with E-state index in [1.807, 2.05) is 12.3 Å². The molecule has 1 aromatic heterocycles. The number of hydrogen-bond acceptors (Lipinski definition) is 4. The van der Waals surface area contributed by atoms with Crippen molar-refractivity contribution in [3.63, 3.8) is 0 Å². The topological polar surface area (TPSA) is 29.5 Å². The highest BCUT2D eigenvalue weighted by atomic mass is 32.1. The first-order valence-corrected chi connectivity index (χ1v) is 6.08. The van der Waals surface area contributed by atoms with Gasteiger partial charge in [0.05, 0.1) is 11.5 Å². The molecule has 0 aliphatic heterocycles. The van der Waals surface area contributed by atoms with E-state index in [2.05, 4.69) is 12.6 Å². The molecule has 5 heteroatoms. The van der Waals surface area contributed by atoms with Gasteiger partial charge in [-0.3, -0.25) is 4.79 Å². The minimum absolute atomic E-state index is 0.0278. The van der Waals surface area contributed by atoms with Gasteiger partial charge in [-0.1, -0.05) is 0 Å². The van der Waals surface area contributed by atoms with Crippen LogP contribution in [0.4, 0.5) is 0 Å². The molecule has 15 heavy (non-hydrogen) atoms. The normalized spacial score (nSPS) is 10.3. The van der Waals surface area contributed by atoms with Gasteiger partial charge in [-0.05, 0) is 13.0 Å². The molecule has 1 rings (SSSR count). The van der Waals surface area contributed by atoms with Crippen LogP contribution in [0.2, 0.25) is 0 Å². The molecule has 3 nitrogen and oxygen atoms in total. The molecule has 0 N–H and O–H groups in total. The van der Waals surface area contributed by atoms with Gasteiger partial charge in [0.15, 0.2) is 0 Å². The summed E-state index contributed by atoms with van der Waals surface area (Å²) in [5.41, 5.74) is 0. The number of nitrogens with zero attached hydrogens (tertiary/aromatic N) is 1. The number of thiophene rings is 1. The molecule has 0 saturated heterocycles. The lowest BCUT2D eigenvalue weighted by Gasteiger charge is -2.15. The van der Waals surface area contributed by atoms with Crippen molar-refractivity contribution >= 4 is 29.9 Å². The Hall–Kier alpha value is -0.520. The van der Waals surface area contributed by atoms with Gasteiger partial charge in [0, 0.05) is 30.5 Å². The Bertz CT molecular complexity index is 325. The summed E-state index contributed by atoms with van der Waals surface area (Å²) in [5.74, 6) is 0.0278. The molecule has 0 aliphatic rings. The number of hydrogen-bond donors (Lipinski definition) is 1. The molecule has 84 valence electrons. The van der Waals surface area contributed by atoms with Crippen molar-refractivity contribution in [2.45, 2.75) is 11.8 Å². The van der Waals surface area contributed by atoms with Gasteiger partial charge in [0.1, 0.15) is 0 Å².